The number of nitrogens with zero attached hydrogens (tertiary/aromatic N) is 2. The lowest BCUT2D eigenvalue weighted by atomic mass is 10.0. The SMILES string of the molecule is C#CCN1CCCCC1C(=O)N(C)Cc1ccccc1C(F)(F)F. The first-order valence-electron chi connectivity index (χ1n) is 7.92. The third kappa shape index (κ3) is 4.30. The molecule has 3 nitrogen and oxygen atoms in total. The van der Waals surface area contributed by atoms with E-state index in [-0.39, 0.29) is 24.1 Å². The van der Waals surface area contributed by atoms with Gasteiger partial charge >= 0.3 is 6.18 Å². The van der Waals surface area contributed by atoms with Gasteiger partial charge in [-0.15, -0.1) is 6.42 Å². The highest BCUT2D eigenvalue weighted by molar-refractivity contribution is 5.81. The molecule has 0 bridgehead atoms. The van der Waals surface area contributed by atoms with Crippen LogP contribution in [-0.4, -0.2) is 41.9 Å². The second kappa shape index (κ2) is 7.71. The zero-order chi connectivity index (χ0) is 17.7. The lowest BCUT2D eigenvalue weighted by molar-refractivity contribution is -0.141. The van der Waals surface area contributed by atoms with E-state index in [1.54, 1.807) is 6.07 Å². The number of terminal acetylenes is 1. The van der Waals surface area contributed by atoms with Crippen LogP contribution in [0.3, 0.4) is 0 Å². The molecule has 0 N–H and O–H groups in total. The Labute approximate surface area is 140 Å². The van der Waals surface area contributed by atoms with Gasteiger partial charge in [0, 0.05) is 13.6 Å². The summed E-state index contributed by atoms with van der Waals surface area (Å²) in [6.07, 6.45) is 3.50. The fourth-order valence-corrected chi connectivity index (χ4v) is 3.10. The molecule has 0 aromatic heterocycles. The Morgan fingerprint density at radius 3 is 2.75 bits per heavy atom. The molecule has 1 heterocycles. The Kier molecular flexibility index (Phi) is 5.89. The van der Waals surface area contributed by atoms with Gasteiger partial charge in [0.05, 0.1) is 18.2 Å². The van der Waals surface area contributed by atoms with E-state index in [1.165, 1.54) is 24.1 Å². The number of hydrogen-bond acceptors (Lipinski definition) is 2. The Hall–Kier alpha value is -2.00. The minimum atomic E-state index is -4.43. The summed E-state index contributed by atoms with van der Waals surface area (Å²) in [6, 6.07) is 5.00. The monoisotopic (exact) mass is 338 g/mol. The summed E-state index contributed by atoms with van der Waals surface area (Å²) in [4.78, 5) is 16.0. The molecule has 130 valence electrons. The van der Waals surface area contributed by atoms with Crippen molar-refractivity contribution in [3.63, 3.8) is 0 Å². The van der Waals surface area contributed by atoms with Gasteiger partial charge in [-0.2, -0.15) is 13.2 Å². The molecular formula is C18H21F3N2O. The van der Waals surface area contributed by atoms with Gasteiger partial charge in [0.15, 0.2) is 0 Å². The number of likely N-dealkylation sites (N-methyl/N-ethyl adjacent to an activating group) is 1. The zero-order valence-electron chi connectivity index (χ0n) is 13.6. The molecule has 0 saturated carbocycles. The molecule has 1 aromatic rings. The molecule has 6 heteroatoms. The summed E-state index contributed by atoms with van der Waals surface area (Å²) in [7, 11) is 1.54. The van der Waals surface area contributed by atoms with Crippen LogP contribution in [0.5, 0.6) is 0 Å². The van der Waals surface area contributed by atoms with Gasteiger partial charge in [0.25, 0.3) is 0 Å². The van der Waals surface area contributed by atoms with E-state index in [0.29, 0.717) is 13.0 Å². The summed E-state index contributed by atoms with van der Waals surface area (Å²) in [5, 5.41) is 0. The highest BCUT2D eigenvalue weighted by atomic mass is 19.4. The second-order valence-corrected chi connectivity index (χ2v) is 6.04. The van der Waals surface area contributed by atoms with E-state index < -0.39 is 11.7 Å². The smallest absolute Gasteiger partial charge is 0.340 e. The number of carbonyl (C=O) groups excluding carboxylic acids is 1. The van der Waals surface area contributed by atoms with Crippen molar-refractivity contribution in [3.05, 3.63) is 35.4 Å². The summed E-state index contributed by atoms with van der Waals surface area (Å²) in [5.41, 5.74) is -0.603. The zero-order valence-corrected chi connectivity index (χ0v) is 13.6. The van der Waals surface area contributed by atoms with Crippen LogP contribution in [-0.2, 0) is 17.5 Å². The number of halogens is 3. The molecule has 1 aliphatic rings. The summed E-state index contributed by atoms with van der Waals surface area (Å²) in [5.74, 6) is 2.37. The number of alkyl halides is 3. The van der Waals surface area contributed by atoms with E-state index in [9.17, 15) is 18.0 Å². The molecule has 1 atom stereocenters. The summed E-state index contributed by atoms with van der Waals surface area (Å²) < 4.78 is 39.2. The molecular weight excluding hydrogens is 317 g/mol. The molecule has 0 aliphatic carbocycles. The van der Waals surface area contributed by atoms with Crippen LogP contribution >= 0.6 is 0 Å². The number of benzene rings is 1. The molecule has 0 spiro atoms. The van der Waals surface area contributed by atoms with Crippen LogP contribution in [0.4, 0.5) is 13.2 Å². The first-order valence-corrected chi connectivity index (χ1v) is 7.92. The predicted molar refractivity (Wildman–Crippen MR) is 86.0 cm³/mol. The molecule has 2 rings (SSSR count). The first kappa shape index (κ1) is 18.3. The minimum absolute atomic E-state index is 0.0745. The molecule has 1 aromatic carbocycles. The number of likely N-dealkylation sites (tertiary alicyclic amines) is 1. The van der Waals surface area contributed by atoms with E-state index in [0.717, 1.165) is 25.5 Å². The Morgan fingerprint density at radius 2 is 2.08 bits per heavy atom. The highest BCUT2D eigenvalue weighted by Crippen LogP contribution is 2.32. The van der Waals surface area contributed by atoms with Crippen molar-refractivity contribution in [3.8, 4) is 12.3 Å². The maximum atomic E-state index is 13.1. The van der Waals surface area contributed by atoms with Crippen molar-refractivity contribution in [2.45, 2.75) is 38.0 Å². The van der Waals surface area contributed by atoms with E-state index in [1.807, 2.05) is 4.90 Å². The van der Waals surface area contributed by atoms with Crippen molar-refractivity contribution in [2.24, 2.45) is 0 Å². The lowest BCUT2D eigenvalue weighted by Crippen LogP contribution is -2.49. The van der Waals surface area contributed by atoms with Gasteiger partial charge in [-0.3, -0.25) is 9.69 Å². The number of amides is 1. The fourth-order valence-electron chi connectivity index (χ4n) is 3.10. The first-order chi connectivity index (χ1) is 11.3. The standard InChI is InChI=1S/C18H21F3N2O/c1-3-11-23-12-7-6-10-16(23)17(24)22(2)13-14-8-4-5-9-15(14)18(19,20)21/h1,4-5,8-9,16H,6-7,10-13H2,2H3. The van der Waals surface area contributed by atoms with Crippen molar-refractivity contribution in [1.29, 1.82) is 0 Å². The van der Waals surface area contributed by atoms with Crippen molar-refractivity contribution >= 4 is 5.91 Å². The predicted octanol–water partition coefficient (Wildman–Crippen LogP) is 3.15. The van der Waals surface area contributed by atoms with E-state index >= 15 is 0 Å². The van der Waals surface area contributed by atoms with Crippen LogP contribution in [0, 0.1) is 12.3 Å². The second-order valence-electron chi connectivity index (χ2n) is 6.04. The van der Waals surface area contributed by atoms with Gasteiger partial charge in [-0.25, -0.2) is 0 Å². The van der Waals surface area contributed by atoms with Gasteiger partial charge in [-0.05, 0) is 31.0 Å². The van der Waals surface area contributed by atoms with Crippen LogP contribution in [0.15, 0.2) is 24.3 Å². The summed E-state index contributed by atoms with van der Waals surface area (Å²) >= 11 is 0. The Balaban J connectivity index is 2.13. The number of carbonyl (C=O) groups is 1. The molecule has 1 amide bonds. The van der Waals surface area contributed by atoms with Gasteiger partial charge < -0.3 is 4.90 Å². The number of piperidine rings is 1. The highest BCUT2D eigenvalue weighted by Gasteiger charge is 2.34. The molecule has 1 saturated heterocycles. The molecule has 1 aliphatic heterocycles. The number of hydrogen-bond donors (Lipinski definition) is 0. The van der Waals surface area contributed by atoms with Crippen LogP contribution < -0.4 is 0 Å². The minimum Gasteiger partial charge on any atom is -0.340 e. The number of rotatable bonds is 4. The maximum absolute atomic E-state index is 13.1. The van der Waals surface area contributed by atoms with Crippen LogP contribution in [0.25, 0.3) is 0 Å². The topological polar surface area (TPSA) is 23.6 Å². The Morgan fingerprint density at radius 1 is 1.38 bits per heavy atom. The molecule has 0 radical (unpaired) electrons. The van der Waals surface area contributed by atoms with Crippen LogP contribution in [0.2, 0.25) is 0 Å². The third-order valence-electron chi connectivity index (χ3n) is 4.30. The maximum Gasteiger partial charge on any atom is 0.416 e. The van der Waals surface area contributed by atoms with Crippen molar-refractivity contribution < 1.29 is 18.0 Å². The van der Waals surface area contributed by atoms with Crippen molar-refractivity contribution in [1.82, 2.24) is 9.80 Å². The van der Waals surface area contributed by atoms with E-state index in [2.05, 4.69) is 5.92 Å². The van der Waals surface area contributed by atoms with Gasteiger partial charge in [0.2, 0.25) is 5.91 Å². The average molecular weight is 338 g/mol. The van der Waals surface area contributed by atoms with E-state index in [4.69, 9.17) is 6.42 Å². The fraction of sp³-hybridized carbons (Fsp3) is 0.500. The van der Waals surface area contributed by atoms with Crippen molar-refractivity contribution in [2.75, 3.05) is 20.1 Å². The van der Waals surface area contributed by atoms with Crippen LogP contribution in [0.1, 0.15) is 30.4 Å². The molecule has 1 unspecified atom stereocenters. The largest absolute Gasteiger partial charge is 0.416 e. The average Bonchev–Trinajstić information content (AvgIpc) is 2.54. The molecule has 24 heavy (non-hydrogen) atoms. The Bertz CT molecular complexity index is 621. The third-order valence-corrected chi connectivity index (χ3v) is 4.30. The normalized spacial score (nSPS) is 18.9. The lowest BCUT2D eigenvalue weighted by Gasteiger charge is -2.35. The van der Waals surface area contributed by atoms with Gasteiger partial charge in [0.1, 0.15) is 0 Å². The summed E-state index contributed by atoms with van der Waals surface area (Å²) in [6.45, 7) is 1.05. The quantitative estimate of drug-likeness (QED) is 0.788. The van der Waals surface area contributed by atoms with Gasteiger partial charge in [-0.1, -0.05) is 30.5 Å². The molecule has 1 fully saturated rings.